The number of hydrogen-bond acceptors (Lipinski definition) is 15. The highest BCUT2D eigenvalue weighted by Crippen LogP contribution is 2.51. The third kappa shape index (κ3) is 21.1. The topological polar surface area (TPSA) is 176 Å². The Morgan fingerprint density at radius 1 is 0.643 bits per heavy atom. The summed E-state index contributed by atoms with van der Waals surface area (Å²) in [5.74, 6) is -0.836. The molecular formula is C76H139IO15SSi5. The van der Waals surface area contributed by atoms with E-state index in [9.17, 15) is 10.2 Å². The summed E-state index contributed by atoms with van der Waals surface area (Å²) in [6.45, 7) is 68.3. The third-order valence-electron chi connectivity index (χ3n) is 25.0. The average molecular weight is 1590 g/mol. The van der Waals surface area contributed by atoms with Crippen LogP contribution in [-0.2, 0) is 60.4 Å². The summed E-state index contributed by atoms with van der Waals surface area (Å²) in [5.41, 5.74) is 2.00. The van der Waals surface area contributed by atoms with Crippen LogP contribution in [0.2, 0.25) is 90.7 Å². The van der Waals surface area contributed by atoms with Gasteiger partial charge in [-0.15, -0.1) is 0 Å². The Hall–Kier alpha value is -0.316. The second-order valence-corrected chi connectivity index (χ2v) is 64.1. The van der Waals surface area contributed by atoms with E-state index in [4.69, 9.17) is 57.1 Å². The molecule has 1 aromatic rings. The number of halogens is 1. The Balaban J connectivity index is 1.48. The highest BCUT2D eigenvalue weighted by atomic mass is 127. The van der Waals surface area contributed by atoms with Crippen LogP contribution < -0.4 is 0 Å². The molecule has 5 aliphatic rings. The summed E-state index contributed by atoms with van der Waals surface area (Å²) < 4.78 is 115. The Labute approximate surface area is 615 Å². The summed E-state index contributed by atoms with van der Waals surface area (Å²) in [6, 6.07) is 8.57. The standard InChI is InChI=1S/C76H139IO15SSi5/c1-50-44-54(37-39-59-51(2)45-53(84-59)34-33-43-78)85-62(52(50)3)48-63-65(66(82-19)64(87-63)47-56(89-95(22,23)73(7,8)9)49-83-94(20,21)72(4,5)6)71(93(80,81)57-35-31-30-32-36-57)58(79)46-55-38-40-60-67(86-55)69(91-97(26,27)75(13,14)15)70(92-98(28,29)76(16,17)18)68(88-60)61(41-42-77)90-96(24,25)74(10,11)12/h30-32,35-36,41-42,50,53-56,58-71,78-79H,2-3,33-34,37-40,43-49H2,1,4-29H3/b42-41+/t50-,53?,54+,55-,56+,58?,59+,60+,61+,62?,63?,64-,65?,66+,67+,68+,69+,70-,71?/m1/s1. The van der Waals surface area contributed by atoms with E-state index in [1.165, 1.54) is 0 Å². The van der Waals surface area contributed by atoms with E-state index in [0.29, 0.717) is 32.3 Å². The zero-order valence-electron chi connectivity index (χ0n) is 66.1. The van der Waals surface area contributed by atoms with Gasteiger partial charge >= 0.3 is 0 Å². The molecule has 2 N–H and O–H groups in total. The lowest BCUT2D eigenvalue weighted by molar-refractivity contribution is -0.268. The fourth-order valence-electron chi connectivity index (χ4n) is 13.6. The van der Waals surface area contributed by atoms with Gasteiger partial charge in [0.25, 0.3) is 0 Å². The lowest BCUT2D eigenvalue weighted by Crippen LogP contribution is -2.69. The maximum atomic E-state index is 16.3. The van der Waals surface area contributed by atoms with E-state index in [1.807, 2.05) is 10.1 Å². The molecule has 6 unspecified atom stereocenters. The number of benzene rings is 1. The van der Waals surface area contributed by atoms with Gasteiger partial charge in [-0.3, -0.25) is 0 Å². The van der Waals surface area contributed by atoms with E-state index in [2.05, 4.69) is 211 Å². The van der Waals surface area contributed by atoms with Crippen LogP contribution in [0.25, 0.3) is 0 Å². The van der Waals surface area contributed by atoms with Crippen molar-refractivity contribution >= 4 is 74.0 Å². The van der Waals surface area contributed by atoms with Crippen molar-refractivity contribution < 1.29 is 69.2 Å². The molecule has 5 aliphatic heterocycles. The van der Waals surface area contributed by atoms with E-state index >= 15 is 8.42 Å². The molecule has 6 rings (SSSR count). The molecule has 15 nitrogen and oxygen atoms in total. The van der Waals surface area contributed by atoms with Crippen LogP contribution in [0.1, 0.15) is 181 Å². The van der Waals surface area contributed by atoms with Crippen molar-refractivity contribution in [3.05, 3.63) is 64.8 Å². The molecule has 0 aliphatic carbocycles. The first kappa shape index (κ1) is 86.6. The predicted octanol–water partition coefficient (Wildman–Crippen LogP) is 18.2. The molecular weight excluding hydrogens is 1450 g/mol. The SMILES string of the molecule is C=C1C(CC2O[C@H](C[C@@H](CO[Si](C)(C)C(C)(C)C)O[Si](C)(C)C(C)(C)C)[C@H](OC)C2C(C(O)C[C@H]2CC[C@@H]3O[C@@H]([C@H](/C=C/I)O[Si](C)(C)C(C)(C)C)[C@@H](O[Si](C)(C)C(C)(C)C)[C@@H](O[Si](C)(C)C(C)(C)C)[C@H]3O2)S(=O)(=O)c2ccccc2)O[C@@H](CC[C@@H]2OC(CCCO)CC2=C)C[C@H]1C. The molecule has 566 valence electrons. The molecule has 98 heavy (non-hydrogen) atoms. The Kier molecular flexibility index (Phi) is 29.6. The van der Waals surface area contributed by atoms with Crippen molar-refractivity contribution in [1.82, 2.24) is 0 Å². The molecule has 0 aromatic heterocycles. The van der Waals surface area contributed by atoms with Gasteiger partial charge in [0.15, 0.2) is 51.4 Å². The van der Waals surface area contributed by atoms with E-state index < -0.39 is 142 Å². The average Bonchev–Trinajstić information content (AvgIpc) is 1.09. The molecule has 5 heterocycles. The van der Waals surface area contributed by atoms with Crippen LogP contribution in [-0.4, -0.2) is 183 Å². The third-order valence-corrected chi connectivity index (χ3v) is 50.1. The number of methoxy groups -OCH3 is 1. The second-order valence-electron chi connectivity index (χ2n) is 37.5. The summed E-state index contributed by atoms with van der Waals surface area (Å²) in [6.07, 6.45) is -0.549. The van der Waals surface area contributed by atoms with E-state index in [-0.39, 0.29) is 73.8 Å². The molecule has 0 bridgehead atoms. The Morgan fingerprint density at radius 3 is 1.73 bits per heavy atom. The smallest absolute Gasteiger partial charge is 0.193 e. The van der Waals surface area contributed by atoms with E-state index in [1.54, 1.807) is 31.4 Å². The van der Waals surface area contributed by atoms with Gasteiger partial charge in [-0.25, -0.2) is 8.42 Å². The van der Waals surface area contributed by atoms with Gasteiger partial charge in [-0.1, -0.05) is 165 Å². The number of aliphatic hydroxyl groups is 2. The van der Waals surface area contributed by atoms with Gasteiger partial charge in [0.05, 0.1) is 90.0 Å². The van der Waals surface area contributed by atoms with Crippen LogP contribution in [0, 0.1) is 11.8 Å². The summed E-state index contributed by atoms with van der Waals surface area (Å²) >= 11 is 2.30. The van der Waals surface area contributed by atoms with Crippen molar-refractivity contribution in [2.24, 2.45) is 11.8 Å². The minimum absolute atomic E-state index is 0.0124. The normalized spacial score (nSPS) is 30.8. The van der Waals surface area contributed by atoms with Gasteiger partial charge in [-0.05, 0) is 181 Å². The van der Waals surface area contributed by atoms with Crippen molar-refractivity contribution in [2.45, 2.75) is 380 Å². The molecule has 5 saturated heterocycles. The van der Waals surface area contributed by atoms with Gasteiger partial charge in [0, 0.05) is 38.9 Å². The van der Waals surface area contributed by atoms with Gasteiger partial charge < -0.3 is 60.8 Å². The first-order chi connectivity index (χ1) is 44.7. The van der Waals surface area contributed by atoms with Crippen LogP contribution in [0.3, 0.4) is 0 Å². The number of aliphatic hydroxyl groups excluding tert-OH is 2. The highest BCUT2D eigenvalue weighted by Gasteiger charge is 2.61. The Bertz CT molecular complexity index is 2880. The van der Waals surface area contributed by atoms with Crippen LogP contribution in [0.5, 0.6) is 0 Å². The summed E-state index contributed by atoms with van der Waals surface area (Å²) in [7, 11) is -15.2. The number of rotatable bonds is 30. The van der Waals surface area contributed by atoms with E-state index in [0.717, 1.165) is 43.3 Å². The fraction of sp³-hybridized carbons (Fsp3) is 0.842. The van der Waals surface area contributed by atoms with Gasteiger partial charge in [0.2, 0.25) is 0 Å². The maximum absolute atomic E-state index is 16.3. The highest BCUT2D eigenvalue weighted by molar-refractivity contribution is 14.1. The van der Waals surface area contributed by atoms with Crippen LogP contribution >= 0.6 is 22.6 Å². The number of fused-ring (bicyclic) bond motifs is 1. The molecule has 19 atom stereocenters. The maximum Gasteiger partial charge on any atom is 0.193 e. The summed E-state index contributed by atoms with van der Waals surface area (Å²) in [4.78, 5) is 0.101. The zero-order chi connectivity index (χ0) is 74.1. The zero-order valence-corrected chi connectivity index (χ0v) is 74.1. The molecule has 0 amide bonds. The summed E-state index contributed by atoms with van der Waals surface area (Å²) in [5, 5.41) is 21.2. The largest absolute Gasteiger partial charge is 0.414 e. The quantitative estimate of drug-likeness (QED) is 0.0422. The monoisotopic (exact) mass is 1590 g/mol. The lowest BCUT2D eigenvalue weighted by atomic mass is 9.80. The Morgan fingerprint density at radius 2 is 1.19 bits per heavy atom. The number of ether oxygens (including phenoxy) is 6. The molecule has 1 aromatic carbocycles. The van der Waals surface area contributed by atoms with Crippen LogP contribution in [0.15, 0.2) is 69.7 Å². The van der Waals surface area contributed by atoms with Gasteiger partial charge in [-0.2, -0.15) is 0 Å². The molecule has 0 spiro atoms. The van der Waals surface area contributed by atoms with Crippen molar-refractivity contribution in [2.75, 3.05) is 20.3 Å². The first-order valence-electron chi connectivity index (χ1n) is 37.1. The second kappa shape index (κ2) is 33.4. The number of hydrogen-bond donors (Lipinski definition) is 2. The van der Waals surface area contributed by atoms with Crippen LogP contribution in [0.4, 0.5) is 0 Å². The minimum atomic E-state index is -4.42. The van der Waals surface area contributed by atoms with Crippen molar-refractivity contribution in [1.29, 1.82) is 0 Å². The number of sulfone groups is 1. The van der Waals surface area contributed by atoms with Gasteiger partial charge in [0.1, 0.15) is 24.4 Å². The first-order valence-corrected chi connectivity index (χ1v) is 54.4. The fourth-order valence-corrected chi connectivity index (χ4v) is 22.4. The van der Waals surface area contributed by atoms with Crippen molar-refractivity contribution in [3.8, 4) is 0 Å². The molecule has 0 radical (unpaired) electrons. The molecule has 22 heteroatoms. The minimum Gasteiger partial charge on any atom is -0.414 e. The molecule has 5 fully saturated rings. The van der Waals surface area contributed by atoms with Crippen molar-refractivity contribution in [3.63, 3.8) is 0 Å². The lowest BCUT2D eigenvalue weighted by Gasteiger charge is -2.56. The molecule has 0 saturated carbocycles. The predicted molar refractivity (Wildman–Crippen MR) is 421 cm³/mol.